The predicted molar refractivity (Wildman–Crippen MR) is 115 cm³/mol. The van der Waals surface area contributed by atoms with E-state index in [9.17, 15) is 4.79 Å². The molecule has 0 bridgehead atoms. The van der Waals surface area contributed by atoms with E-state index in [-0.39, 0.29) is 12.0 Å². The molecule has 0 aliphatic heterocycles. The van der Waals surface area contributed by atoms with Gasteiger partial charge in [0.15, 0.2) is 0 Å². The fourth-order valence-electron chi connectivity index (χ4n) is 3.45. The Morgan fingerprint density at radius 3 is 2.21 bits per heavy atom. The van der Waals surface area contributed by atoms with Crippen molar-refractivity contribution in [2.45, 2.75) is 66.1 Å². The van der Waals surface area contributed by atoms with Crippen LogP contribution in [0.5, 0.6) is 5.75 Å². The number of halogens is 1. The molecule has 28 heavy (non-hydrogen) atoms. The molecule has 1 atom stereocenters. The fourth-order valence-corrected chi connectivity index (χ4v) is 3.68. The van der Waals surface area contributed by atoms with Gasteiger partial charge >= 0.3 is 0 Å². The SMILES string of the molecule is CCOC(CC(C)C)(CC(C)C)C(=O)Nc1ccc(O[C@H](C)COC)c(Cl)c1. The molecule has 1 amide bonds. The highest BCUT2D eigenvalue weighted by molar-refractivity contribution is 6.32. The largest absolute Gasteiger partial charge is 0.487 e. The Labute approximate surface area is 175 Å². The number of amides is 1. The molecule has 6 heteroatoms. The maximum atomic E-state index is 13.2. The van der Waals surface area contributed by atoms with Crippen molar-refractivity contribution in [3.63, 3.8) is 0 Å². The summed E-state index contributed by atoms with van der Waals surface area (Å²) in [5.74, 6) is 1.09. The minimum Gasteiger partial charge on any atom is -0.487 e. The van der Waals surface area contributed by atoms with E-state index in [2.05, 4.69) is 33.0 Å². The lowest BCUT2D eigenvalue weighted by Gasteiger charge is -2.35. The molecule has 1 rings (SSSR count). The number of carbonyl (C=O) groups is 1. The molecule has 0 aliphatic carbocycles. The third-order valence-corrected chi connectivity index (χ3v) is 4.53. The van der Waals surface area contributed by atoms with Crippen LogP contribution in [0, 0.1) is 11.8 Å². The summed E-state index contributed by atoms with van der Waals surface area (Å²) in [6.07, 6.45) is 1.20. The van der Waals surface area contributed by atoms with Gasteiger partial charge in [0.1, 0.15) is 17.5 Å². The van der Waals surface area contributed by atoms with Crippen LogP contribution in [0.1, 0.15) is 54.4 Å². The monoisotopic (exact) mass is 413 g/mol. The van der Waals surface area contributed by atoms with Crippen LogP contribution in [0.3, 0.4) is 0 Å². The van der Waals surface area contributed by atoms with Crippen molar-refractivity contribution in [3.8, 4) is 5.75 Å². The summed E-state index contributed by atoms with van der Waals surface area (Å²) in [5.41, 5.74) is -0.232. The summed E-state index contributed by atoms with van der Waals surface area (Å²) in [7, 11) is 1.62. The van der Waals surface area contributed by atoms with Gasteiger partial charge in [-0.2, -0.15) is 0 Å². The average Bonchev–Trinajstić information content (AvgIpc) is 2.56. The van der Waals surface area contributed by atoms with Crippen molar-refractivity contribution in [3.05, 3.63) is 23.2 Å². The van der Waals surface area contributed by atoms with Crippen molar-refractivity contribution in [2.24, 2.45) is 11.8 Å². The molecular formula is C22H36ClNO4. The molecule has 0 unspecified atom stereocenters. The molecule has 1 N–H and O–H groups in total. The Kier molecular flexibility index (Phi) is 10.3. The van der Waals surface area contributed by atoms with Gasteiger partial charge in [-0.05, 0) is 56.7 Å². The summed E-state index contributed by atoms with van der Waals surface area (Å²) in [6, 6.07) is 5.26. The zero-order valence-corrected chi connectivity index (χ0v) is 19.1. The molecule has 0 aliphatic rings. The van der Waals surface area contributed by atoms with Crippen molar-refractivity contribution in [2.75, 3.05) is 25.6 Å². The van der Waals surface area contributed by atoms with E-state index in [1.54, 1.807) is 25.3 Å². The molecule has 1 aromatic carbocycles. The lowest BCUT2D eigenvalue weighted by Crippen LogP contribution is -2.47. The Balaban J connectivity index is 3.01. The van der Waals surface area contributed by atoms with Crippen LogP contribution in [-0.2, 0) is 14.3 Å². The van der Waals surface area contributed by atoms with Crippen LogP contribution in [0.15, 0.2) is 18.2 Å². The number of nitrogens with one attached hydrogen (secondary N) is 1. The minimum absolute atomic E-state index is 0.120. The highest BCUT2D eigenvalue weighted by Crippen LogP contribution is 2.33. The molecule has 160 valence electrons. The number of ether oxygens (including phenoxy) is 3. The topological polar surface area (TPSA) is 56.8 Å². The first-order chi connectivity index (χ1) is 13.1. The number of carbonyl (C=O) groups excluding carboxylic acids is 1. The van der Waals surface area contributed by atoms with E-state index in [1.165, 1.54) is 0 Å². The second kappa shape index (κ2) is 11.6. The van der Waals surface area contributed by atoms with Gasteiger partial charge in [-0.25, -0.2) is 0 Å². The van der Waals surface area contributed by atoms with Crippen molar-refractivity contribution < 1.29 is 19.0 Å². The number of methoxy groups -OCH3 is 1. The van der Waals surface area contributed by atoms with Crippen molar-refractivity contribution >= 4 is 23.2 Å². The van der Waals surface area contributed by atoms with Crippen molar-refractivity contribution in [1.29, 1.82) is 0 Å². The maximum absolute atomic E-state index is 13.2. The second-order valence-electron chi connectivity index (χ2n) is 8.11. The van der Waals surface area contributed by atoms with Gasteiger partial charge in [0, 0.05) is 19.4 Å². The van der Waals surface area contributed by atoms with Crippen LogP contribution < -0.4 is 10.1 Å². The normalized spacial score (nSPS) is 13.1. The van der Waals surface area contributed by atoms with Gasteiger partial charge in [-0.15, -0.1) is 0 Å². The molecule has 0 fully saturated rings. The molecule has 5 nitrogen and oxygen atoms in total. The van der Waals surface area contributed by atoms with E-state index in [4.69, 9.17) is 25.8 Å². The number of anilines is 1. The Bertz CT molecular complexity index is 609. The molecule has 0 saturated heterocycles. The van der Waals surface area contributed by atoms with E-state index in [0.717, 1.165) is 0 Å². The number of hydrogen-bond donors (Lipinski definition) is 1. The average molecular weight is 414 g/mol. The Morgan fingerprint density at radius 2 is 1.75 bits per heavy atom. The second-order valence-corrected chi connectivity index (χ2v) is 8.51. The molecule has 0 radical (unpaired) electrons. The lowest BCUT2D eigenvalue weighted by molar-refractivity contribution is -0.146. The first-order valence-electron chi connectivity index (χ1n) is 10.0. The van der Waals surface area contributed by atoms with Crippen LogP contribution >= 0.6 is 11.6 Å². The molecular weight excluding hydrogens is 378 g/mol. The van der Waals surface area contributed by atoms with E-state index in [1.807, 2.05) is 13.8 Å². The Morgan fingerprint density at radius 1 is 1.14 bits per heavy atom. The quantitative estimate of drug-likeness (QED) is 0.487. The number of hydrogen-bond acceptors (Lipinski definition) is 4. The molecule has 0 aromatic heterocycles. The fraction of sp³-hybridized carbons (Fsp3) is 0.682. The standard InChI is InChI=1S/C22H36ClNO4/c1-8-27-22(12-15(2)3,13-16(4)5)21(25)24-18-9-10-20(19(23)11-18)28-17(6)14-26-7/h9-11,15-17H,8,12-14H2,1-7H3,(H,24,25)/t17-/m1/s1. The van der Waals surface area contributed by atoms with Crippen LogP contribution in [-0.4, -0.2) is 37.9 Å². The predicted octanol–water partition coefficient (Wildman–Crippen LogP) is 5.56. The molecule has 0 heterocycles. The summed E-state index contributed by atoms with van der Waals surface area (Å²) in [5, 5.41) is 3.44. The summed E-state index contributed by atoms with van der Waals surface area (Å²) < 4.78 is 16.9. The highest BCUT2D eigenvalue weighted by Gasteiger charge is 2.40. The van der Waals surface area contributed by atoms with Gasteiger partial charge in [0.25, 0.3) is 5.91 Å². The summed E-state index contributed by atoms with van der Waals surface area (Å²) >= 11 is 6.35. The molecule has 0 saturated carbocycles. The van der Waals surface area contributed by atoms with E-state index in [0.29, 0.717) is 54.4 Å². The number of benzene rings is 1. The first kappa shape index (κ1) is 24.7. The molecule has 0 spiro atoms. The third kappa shape index (κ3) is 7.61. The first-order valence-corrected chi connectivity index (χ1v) is 10.4. The lowest BCUT2D eigenvalue weighted by atomic mass is 9.83. The zero-order valence-electron chi connectivity index (χ0n) is 18.3. The van der Waals surface area contributed by atoms with Gasteiger partial charge in [-0.3, -0.25) is 4.79 Å². The van der Waals surface area contributed by atoms with Crippen LogP contribution in [0.25, 0.3) is 0 Å². The number of rotatable bonds is 12. The smallest absolute Gasteiger partial charge is 0.256 e. The van der Waals surface area contributed by atoms with Gasteiger partial charge in [0.05, 0.1) is 11.6 Å². The van der Waals surface area contributed by atoms with Gasteiger partial charge < -0.3 is 19.5 Å². The van der Waals surface area contributed by atoms with Gasteiger partial charge in [0.2, 0.25) is 0 Å². The maximum Gasteiger partial charge on any atom is 0.256 e. The van der Waals surface area contributed by atoms with E-state index < -0.39 is 5.60 Å². The van der Waals surface area contributed by atoms with Crippen molar-refractivity contribution in [1.82, 2.24) is 0 Å². The highest BCUT2D eigenvalue weighted by atomic mass is 35.5. The van der Waals surface area contributed by atoms with E-state index >= 15 is 0 Å². The summed E-state index contributed by atoms with van der Waals surface area (Å²) in [6.45, 7) is 13.2. The summed E-state index contributed by atoms with van der Waals surface area (Å²) in [4.78, 5) is 13.2. The van der Waals surface area contributed by atoms with Gasteiger partial charge in [-0.1, -0.05) is 39.3 Å². The zero-order chi connectivity index (χ0) is 21.3. The minimum atomic E-state index is -0.855. The van der Waals surface area contributed by atoms with Crippen LogP contribution in [0.4, 0.5) is 5.69 Å². The Hall–Kier alpha value is -1.30. The third-order valence-electron chi connectivity index (χ3n) is 4.23. The van der Waals surface area contributed by atoms with Crippen LogP contribution in [0.2, 0.25) is 5.02 Å². The molecule has 1 aromatic rings.